The summed E-state index contributed by atoms with van der Waals surface area (Å²) < 4.78 is 5.29. The predicted octanol–water partition coefficient (Wildman–Crippen LogP) is 0.820. The summed E-state index contributed by atoms with van der Waals surface area (Å²) >= 11 is 0. The third-order valence-corrected chi connectivity index (χ3v) is 3.45. The molecule has 1 fully saturated rings. The SMILES string of the molecule is CC[C@@H](O)c1ccc(N2CCOCC2C(N)=O)cc1. The molecule has 0 saturated carbocycles. The molecule has 1 aromatic carbocycles. The Morgan fingerprint density at radius 3 is 2.79 bits per heavy atom. The van der Waals surface area contributed by atoms with Gasteiger partial charge in [-0.1, -0.05) is 19.1 Å². The second-order valence-electron chi connectivity index (χ2n) is 4.70. The third-order valence-electron chi connectivity index (χ3n) is 3.45. The highest BCUT2D eigenvalue weighted by Gasteiger charge is 2.27. The average molecular weight is 264 g/mol. The Labute approximate surface area is 113 Å². The van der Waals surface area contributed by atoms with Gasteiger partial charge >= 0.3 is 0 Å². The minimum atomic E-state index is -0.439. The van der Waals surface area contributed by atoms with Crippen LogP contribution in [0.1, 0.15) is 25.0 Å². The minimum Gasteiger partial charge on any atom is -0.388 e. The van der Waals surface area contributed by atoms with Crippen molar-refractivity contribution < 1.29 is 14.6 Å². The van der Waals surface area contributed by atoms with Crippen molar-refractivity contribution >= 4 is 11.6 Å². The molecule has 5 heteroatoms. The molecule has 0 spiro atoms. The Balaban J connectivity index is 2.18. The number of nitrogens with two attached hydrogens (primary N) is 1. The van der Waals surface area contributed by atoms with Crippen LogP contribution in [-0.2, 0) is 9.53 Å². The van der Waals surface area contributed by atoms with E-state index in [1.54, 1.807) is 0 Å². The van der Waals surface area contributed by atoms with Crippen LogP contribution in [-0.4, -0.2) is 36.8 Å². The summed E-state index contributed by atoms with van der Waals surface area (Å²) in [6, 6.07) is 7.18. The van der Waals surface area contributed by atoms with E-state index in [1.165, 1.54) is 0 Å². The molecule has 0 bridgehead atoms. The highest BCUT2D eigenvalue weighted by atomic mass is 16.5. The lowest BCUT2D eigenvalue weighted by Gasteiger charge is -2.35. The number of hydrogen-bond acceptors (Lipinski definition) is 4. The van der Waals surface area contributed by atoms with Gasteiger partial charge in [0.2, 0.25) is 5.91 Å². The summed E-state index contributed by atoms with van der Waals surface area (Å²) in [5.41, 5.74) is 7.21. The molecule has 1 aromatic rings. The van der Waals surface area contributed by atoms with Crippen molar-refractivity contribution in [3.63, 3.8) is 0 Å². The lowest BCUT2D eigenvalue weighted by Crippen LogP contribution is -2.52. The predicted molar refractivity (Wildman–Crippen MR) is 72.8 cm³/mol. The molecular formula is C14H20N2O3. The van der Waals surface area contributed by atoms with Crippen molar-refractivity contribution in [2.24, 2.45) is 5.73 Å². The summed E-state index contributed by atoms with van der Waals surface area (Å²) in [7, 11) is 0. The Hall–Kier alpha value is -1.59. The average Bonchev–Trinajstić information content (AvgIpc) is 2.46. The molecule has 0 aliphatic carbocycles. The number of morpholine rings is 1. The summed E-state index contributed by atoms with van der Waals surface area (Å²) in [4.78, 5) is 13.4. The van der Waals surface area contributed by atoms with Gasteiger partial charge < -0.3 is 20.5 Å². The summed E-state index contributed by atoms with van der Waals surface area (Å²) in [6.45, 7) is 3.49. The van der Waals surface area contributed by atoms with Crippen molar-refractivity contribution in [1.82, 2.24) is 0 Å². The first-order valence-corrected chi connectivity index (χ1v) is 6.55. The Morgan fingerprint density at radius 1 is 1.53 bits per heavy atom. The van der Waals surface area contributed by atoms with Crippen LogP contribution in [0.5, 0.6) is 0 Å². The smallest absolute Gasteiger partial charge is 0.242 e. The molecule has 1 aliphatic heterocycles. The first-order valence-electron chi connectivity index (χ1n) is 6.55. The number of nitrogens with zero attached hydrogens (tertiary/aromatic N) is 1. The van der Waals surface area contributed by atoms with Crippen molar-refractivity contribution in [3.05, 3.63) is 29.8 Å². The van der Waals surface area contributed by atoms with Crippen molar-refractivity contribution in [3.8, 4) is 0 Å². The zero-order valence-electron chi connectivity index (χ0n) is 11.1. The van der Waals surface area contributed by atoms with Gasteiger partial charge in [-0.15, -0.1) is 0 Å². The van der Waals surface area contributed by atoms with Crippen LogP contribution in [0.15, 0.2) is 24.3 Å². The second-order valence-corrected chi connectivity index (χ2v) is 4.70. The molecule has 1 saturated heterocycles. The number of amides is 1. The van der Waals surface area contributed by atoms with Crippen molar-refractivity contribution in [2.75, 3.05) is 24.7 Å². The summed E-state index contributed by atoms with van der Waals surface area (Å²) in [6.07, 6.45) is 0.242. The van der Waals surface area contributed by atoms with Gasteiger partial charge in [-0.25, -0.2) is 0 Å². The lowest BCUT2D eigenvalue weighted by atomic mass is 10.1. The van der Waals surface area contributed by atoms with Gasteiger partial charge in [-0.05, 0) is 24.1 Å². The topological polar surface area (TPSA) is 75.8 Å². The number of carbonyl (C=O) groups excluding carboxylic acids is 1. The van der Waals surface area contributed by atoms with Gasteiger partial charge in [0.15, 0.2) is 0 Å². The molecule has 19 heavy (non-hydrogen) atoms. The van der Waals surface area contributed by atoms with Gasteiger partial charge in [-0.2, -0.15) is 0 Å². The van der Waals surface area contributed by atoms with E-state index in [-0.39, 0.29) is 5.91 Å². The lowest BCUT2D eigenvalue weighted by molar-refractivity contribution is -0.121. The zero-order valence-corrected chi connectivity index (χ0v) is 11.1. The molecule has 1 heterocycles. The second kappa shape index (κ2) is 6.04. The molecule has 2 atom stereocenters. The van der Waals surface area contributed by atoms with Gasteiger partial charge in [-0.3, -0.25) is 4.79 Å². The Kier molecular flexibility index (Phi) is 4.39. The minimum absolute atomic E-state index is 0.328. The van der Waals surface area contributed by atoms with Crippen LogP contribution in [0.3, 0.4) is 0 Å². The van der Waals surface area contributed by atoms with E-state index >= 15 is 0 Å². The fourth-order valence-electron chi connectivity index (χ4n) is 2.27. The van der Waals surface area contributed by atoms with Crippen LogP contribution in [0.2, 0.25) is 0 Å². The number of primary amides is 1. The Morgan fingerprint density at radius 2 is 2.21 bits per heavy atom. The fraction of sp³-hybridized carbons (Fsp3) is 0.500. The normalized spacial score (nSPS) is 21.2. The van der Waals surface area contributed by atoms with Crippen LogP contribution >= 0.6 is 0 Å². The molecule has 1 unspecified atom stereocenters. The summed E-state index contributed by atoms with van der Waals surface area (Å²) in [5, 5.41) is 9.76. The Bertz CT molecular complexity index is 433. The van der Waals surface area contributed by atoms with Crippen LogP contribution in [0.4, 0.5) is 5.69 Å². The van der Waals surface area contributed by atoms with Crippen molar-refractivity contribution in [2.45, 2.75) is 25.5 Å². The maximum atomic E-state index is 11.4. The van der Waals surface area contributed by atoms with E-state index in [0.717, 1.165) is 11.3 Å². The van der Waals surface area contributed by atoms with Gasteiger partial charge in [0.1, 0.15) is 6.04 Å². The molecule has 1 amide bonds. The number of benzene rings is 1. The van der Waals surface area contributed by atoms with E-state index in [9.17, 15) is 9.90 Å². The van der Waals surface area contributed by atoms with Gasteiger partial charge in [0.25, 0.3) is 0 Å². The van der Waals surface area contributed by atoms with Crippen LogP contribution in [0, 0.1) is 0 Å². The number of aliphatic hydroxyl groups excluding tert-OH is 1. The molecule has 104 valence electrons. The van der Waals surface area contributed by atoms with Gasteiger partial charge in [0, 0.05) is 12.2 Å². The van der Waals surface area contributed by atoms with E-state index in [1.807, 2.05) is 36.1 Å². The molecule has 0 aromatic heterocycles. The highest BCUT2D eigenvalue weighted by molar-refractivity contribution is 5.84. The zero-order chi connectivity index (χ0) is 13.8. The maximum Gasteiger partial charge on any atom is 0.242 e. The third kappa shape index (κ3) is 3.05. The number of ether oxygens (including phenoxy) is 1. The molecule has 1 aliphatic rings. The molecular weight excluding hydrogens is 244 g/mol. The van der Waals surface area contributed by atoms with E-state index in [0.29, 0.717) is 26.2 Å². The maximum absolute atomic E-state index is 11.4. The summed E-state index contributed by atoms with van der Waals surface area (Å²) in [5.74, 6) is -0.377. The number of rotatable bonds is 4. The first-order chi connectivity index (χ1) is 9.13. The molecule has 5 nitrogen and oxygen atoms in total. The number of anilines is 1. The van der Waals surface area contributed by atoms with E-state index < -0.39 is 12.1 Å². The number of hydrogen-bond donors (Lipinski definition) is 2. The quantitative estimate of drug-likeness (QED) is 0.844. The molecule has 3 N–H and O–H groups in total. The molecule has 0 radical (unpaired) electrons. The largest absolute Gasteiger partial charge is 0.388 e. The van der Waals surface area contributed by atoms with Gasteiger partial charge in [0.05, 0.1) is 19.3 Å². The van der Waals surface area contributed by atoms with Crippen LogP contribution in [0.25, 0.3) is 0 Å². The standard InChI is InChI=1S/C14H20N2O3/c1-2-13(17)10-3-5-11(6-4-10)16-7-8-19-9-12(16)14(15)18/h3-6,12-13,17H,2,7-9H2,1H3,(H2,15,18)/t12?,13-/m1/s1. The highest BCUT2D eigenvalue weighted by Crippen LogP contribution is 2.23. The first kappa shape index (κ1) is 13.8. The number of aliphatic hydroxyl groups is 1. The number of carbonyl (C=O) groups is 1. The van der Waals surface area contributed by atoms with Crippen LogP contribution < -0.4 is 10.6 Å². The van der Waals surface area contributed by atoms with E-state index in [2.05, 4.69) is 0 Å². The fourth-order valence-corrected chi connectivity index (χ4v) is 2.27. The van der Waals surface area contributed by atoms with E-state index in [4.69, 9.17) is 10.5 Å². The van der Waals surface area contributed by atoms with Crippen molar-refractivity contribution in [1.29, 1.82) is 0 Å². The monoisotopic (exact) mass is 264 g/mol. The molecule has 2 rings (SSSR count).